The van der Waals surface area contributed by atoms with Crippen LogP contribution in [-0.4, -0.2) is 44.1 Å². The lowest BCUT2D eigenvalue weighted by atomic mass is 10.1. The minimum Gasteiger partial charge on any atom is -0.387 e. The van der Waals surface area contributed by atoms with Gasteiger partial charge < -0.3 is 19.9 Å². The van der Waals surface area contributed by atoms with Crippen LogP contribution in [0.25, 0.3) is 0 Å². The Morgan fingerprint density at radius 2 is 2.22 bits per heavy atom. The monoisotopic (exact) mass is 255 g/mol. The smallest absolute Gasteiger partial charge is 0.129 e. The third kappa shape index (κ3) is 3.74. The number of nitrogens with one attached hydrogen (secondary N) is 1. The van der Waals surface area contributed by atoms with E-state index in [0.29, 0.717) is 38.5 Å². The van der Waals surface area contributed by atoms with Gasteiger partial charge in [-0.15, -0.1) is 0 Å². The van der Waals surface area contributed by atoms with Crippen molar-refractivity contribution in [1.82, 2.24) is 5.32 Å². The van der Waals surface area contributed by atoms with E-state index in [9.17, 15) is 9.50 Å². The van der Waals surface area contributed by atoms with Crippen LogP contribution in [-0.2, 0) is 9.47 Å². The molecule has 0 radical (unpaired) electrons. The van der Waals surface area contributed by atoms with Gasteiger partial charge in [-0.25, -0.2) is 4.39 Å². The SMILES string of the molecule is OC(CNCC1COCCO1)c1ccccc1F. The molecule has 0 aliphatic carbocycles. The Morgan fingerprint density at radius 1 is 1.39 bits per heavy atom. The summed E-state index contributed by atoms with van der Waals surface area (Å²) < 4.78 is 24.1. The fraction of sp³-hybridized carbons (Fsp3) is 0.538. The van der Waals surface area contributed by atoms with Crippen molar-refractivity contribution < 1.29 is 19.0 Å². The van der Waals surface area contributed by atoms with Crippen LogP contribution in [0.3, 0.4) is 0 Å². The Bertz CT molecular complexity index is 369. The van der Waals surface area contributed by atoms with Gasteiger partial charge in [0.15, 0.2) is 0 Å². The van der Waals surface area contributed by atoms with E-state index in [1.165, 1.54) is 6.07 Å². The zero-order valence-electron chi connectivity index (χ0n) is 10.1. The maximum atomic E-state index is 13.4. The minimum absolute atomic E-state index is 0.00608. The molecule has 2 N–H and O–H groups in total. The first-order valence-electron chi connectivity index (χ1n) is 6.10. The first-order valence-corrected chi connectivity index (χ1v) is 6.10. The van der Waals surface area contributed by atoms with Gasteiger partial charge in [0.2, 0.25) is 0 Å². The zero-order chi connectivity index (χ0) is 12.8. The molecule has 1 aliphatic rings. The van der Waals surface area contributed by atoms with Crippen LogP contribution in [0, 0.1) is 5.82 Å². The summed E-state index contributed by atoms with van der Waals surface area (Å²) in [6.45, 7) is 2.67. The molecule has 1 aromatic carbocycles. The summed E-state index contributed by atoms with van der Waals surface area (Å²) in [5, 5.41) is 12.9. The Hall–Kier alpha value is -1.01. The van der Waals surface area contributed by atoms with Gasteiger partial charge in [-0.1, -0.05) is 18.2 Å². The second-order valence-electron chi connectivity index (χ2n) is 4.26. The molecule has 5 heteroatoms. The van der Waals surface area contributed by atoms with Crippen molar-refractivity contribution >= 4 is 0 Å². The van der Waals surface area contributed by atoms with Gasteiger partial charge in [-0.3, -0.25) is 0 Å². The molecule has 1 heterocycles. The number of benzene rings is 1. The first-order chi connectivity index (χ1) is 8.77. The molecular formula is C13H18FNO3. The summed E-state index contributed by atoms with van der Waals surface area (Å²) in [6, 6.07) is 6.24. The molecule has 0 spiro atoms. The number of ether oxygens (including phenoxy) is 2. The molecule has 1 aliphatic heterocycles. The summed E-state index contributed by atoms with van der Waals surface area (Å²) in [6.07, 6.45) is -0.845. The predicted molar refractivity (Wildman–Crippen MR) is 64.8 cm³/mol. The van der Waals surface area contributed by atoms with Crippen LogP contribution in [0.5, 0.6) is 0 Å². The van der Waals surface area contributed by atoms with E-state index < -0.39 is 6.10 Å². The summed E-state index contributed by atoms with van der Waals surface area (Å²) in [5.41, 5.74) is 0.311. The Labute approximate surface area is 106 Å². The number of hydrogen-bond donors (Lipinski definition) is 2. The fourth-order valence-electron chi connectivity index (χ4n) is 1.89. The van der Waals surface area contributed by atoms with Gasteiger partial charge in [0.25, 0.3) is 0 Å². The highest BCUT2D eigenvalue weighted by molar-refractivity contribution is 5.19. The number of aliphatic hydroxyl groups is 1. The summed E-state index contributed by atoms with van der Waals surface area (Å²) in [7, 11) is 0. The van der Waals surface area contributed by atoms with Crippen molar-refractivity contribution in [3.8, 4) is 0 Å². The predicted octanol–water partition coefficient (Wildman–Crippen LogP) is 0.864. The lowest BCUT2D eigenvalue weighted by Gasteiger charge is -2.23. The van der Waals surface area contributed by atoms with Crippen molar-refractivity contribution in [1.29, 1.82) is 0 Å². The van der Waals surface area contributed by atoms with Crippen LogP contribution < -0.4 is 5.32 Å². The molecule has 0 saturated carbocycles. The number of rotatable bonds is 5. The molecule has 100 valence electrons. The highest BCUT2D eigenvalue weighted by Gasteiger charge is 2.16. The maximum Gasteiger partial charge on any atom is 0.129 e. The number of halogens is 1. The van der Waals surface area contributed by atoms with Crippen LogP contribution >= 0.6 is 0 Å². The van der Waals surface area contributed by atoms with Crippen molar-refractivity contribution in [2.75, 3.05) is 32.9 Å². The molecule has 2 atom stereocenters. The van der Waals surface area contributed by atoms with Gasteiger partial charge in [0, 0.05) is 18.7 Å². The number of hydrogen-bond acceptors (Lipinski definition) is 4. The summed E-state index contributed by atoms with van der Waals surface area (Å²) >= 11 is 0. The van der Waals surface area contributed by atoms with E-state index in [4.69, 9.17) is 9.47 Å². The maximum absolute atomic E-state index is 13.4. The van der Waals surface area contributed by atoms with Crippen molar-refractivity contribution in [2.24, 2.45) is 0 Å². The second-order valence-corrected chi connectivity index (χ2v) is 4.26. The Morgan fingerprint density at radius 3 is 2.94 bits per heavy atom. The third-order valence-electron chi connectivity index (χ3n) is 2.86. The molecule has 18 heavy (non-hydrogen) atoms. The molecule has 2 unspecified atom stereocenters. The largest absolute Gasteiger partial charge is 0.387 e. The minimum atomic E-state index is -0.851. The molecule has 4 nitrogen and oxygen atoms in total. The van der Waals surface area contributed by atoms with E-state index >= 15 is 0 Å². The average Bonchev–Trinajstić information content (AvgIpc) is 2.40. The van der Waals surface area contributed by atoms with Gasteiger partial charge in [0.1, 0.15) is 5.82 Å². The van der Waals surface area contributed by atoms with Gasteiger partial charge in [-0.05, 0) is 6.07 Å². The van der Waals surface area contributed by atoms with E-state index in [-0.39, 0.29) is 11.9 Å². The first kappa shape index (κ1) is 13.4. The lowest BCUT2D eigenvalue weighted by Crippen LogP contribution is -2.38. The molecule has 2 rings (SSSR count). The fourth-order valence-corrected chi connectivity index (χ4v) is 1.89. The van der Waals surface area contributed by atoms with Gasteiger partial charge >= 0.3 is 0 Å². The van der Waals surface area contributed by atoms with E-state index in [1.807, 2.05) is 0 Å². The van der Waals surface area contributed by atoms with Gasteiger partial charge in [0.05, 0.1) is 32.0 Å². The molecule has 1 saturated heterocycles. The average molecular weight is 255 g/mol. The van der Waals surface area contributed by atoms with E-state index in [1.54, 1.807) is 18.2 Å². The van der Waals surface area contributed by atoms with Crippen LogP contribution in [0.2, 0.25) is 0 Å². The normalized spacial score (nSPS) is 21.8. The van der Waals surface area contributed by atoms with E-state index in [0.717, 1.165) is 0 Å². The van der Waals surface area contributed by atoms with Crippen molar-refractivity contribution in [3.63, 3.8) is 0 Å². The quantitative estimate of drug-likeness (QED) is 0.819. The van der Waals surface area contributed by atoms with Crippen molar-refractivity contribution in [3.05, 3.63) is 35.6 Å². The molecule has 0 bridgehead atoms. The second kappa shape index (κ2) is 6.80. The molecule has 0 aromatic heterocycles. The van der Waals surface area contributed by atoms with Crippen molar-refractivity contribution in [2.45, 2.75) is 12.2 Å². The molecular weight excluding hydrogens is 237 g/mol. The molecule has 0 amide bonds. The zero-order valence-corrected chi connectivity index (χ0v) is 10.1. The van der Waals surface area contributed by atoms with Crippen LogP contribution in [0.4, 0.5) is 4.39 Å². The highest BCUT2D eigenvalue weighted by Crippen LogP contribution is 2.15. The lowest BCUT2D eigenvalue weighted by molar-refractivity contribution is -0.0868. The third-order valence-corrected chi connectivity index (χ3v) is 2.86. The van der Waals surface area contributed by atoms with Crippen LogP contribution in [0.1, 0.15) is 11.7 Å². The molecule has 1 aromatic rings. The Kier molecular flexibility index (Phi) is 5.07. The van der Waals surface area contributed by atoms with Gasteiger partial charge in [-0.2, -0.15) is 0 Å². The number of aliphatic hydroxyl groups excluding tert-OH is 1. The van der Waals surface area contributed by atoms with Crippen LogP contribution in [0.15, 0.2) is 24.3 Å². The summed E-state index contributed by atoms with van der Waals surface area (Å²) in [4.78, 5) is 0. The Balaban J connectivity index is 1.74. The van der Waals surface area contributed by atoms with E-state index in [2.05, 4.69) is 5.32 Å². The topological polar surface area (TPSA) is 50.7 Å². The highest BCUT2D eigenvalue weighted by atomic mass is 19.1. The molecule has 1 fully saturated rings. The standard InChI is InChI=1S/C13H18FNO3/c14-12-4-2-1-3-11(12)13(16)8-15-7-10-9-17-5-6-18-10/h1-4,10,13,15-16H,5-9H2. The summed E-state index contributed by atoms with van der Waals surface area (Å²) in [5.74, 6) is -0.385.